The largest absolute Gasteiger partial charge is 0.341 e. The number of amides is 2. The molecule has 0 bridgehead atoms. The highest BCUT2D eigenvalue weighted by atomic mass is 32.1. The van der Waals surface area contributed by atoms with Crippen molar-refractivity contribution in [2.45, 2.75) is 19.3 Å². The fraction of sp³-hybridized carbons (Fsp3) is 0.368. The van der Waals surface area contributed by atoms with E-state index in [0.717, 1.165) is 6.42 Å². The number of halogens is 1. The molecule has 1 saturated heterocycles. The summed E-state index contributed by atoms with van der Waals surface area (Å²) in [6.07, 6.45) is 1.94. The van der Waals surface area contributed by atoms with Crippen molar-refractivity contribution in [3.05, 3.63) is 58.0 Å². The van der Waals surface area contributed by atoms with Crippen LogP contribution in [0.15, 0.2) is 41.1 Å². The van der Waals surface area contributed by atoms with Crippen molar-refractivity contribution < 1.29 is 14.0 Å². The van der Waals surface area contributed by atoms with Crippen molar-refractivity contribution in [1.82, 2.24) is 9.80 Å². The average molecular weight is 360 g/mol. The van der Waals surface area contributed by atoms with E-state index in [1.807, 2.05) is 16.3 Å². The predicted molar refractivity (Wildman–Crippen MR) is 96.1 cm³/mol. The summed E-state index contributed by atoms with van der Waals surface area (Å²) in [5.74, 6) is -0.683. The molecule has 0 unspecified atom stereocenters. The Labute approximate surface area is 150 Å². The molecule has 1 fully saturated rings. The number of aryl methyl sites for hydroxylation is 1. The van der Waals surface area contributed by atoms with E-state index in [1.165, 1.54) is 17.7 Å². The van der Waals surface area contributed by atoms with Gasteiger partial charge in [0.15, 0.2) is 0 Å². The molecule has 1 aliphatic rings. The van der Waals surface area contributed by atoms with Crippen molar-refractivity contribution in [2.75, 3.05) is 26.2 Å². The molecule has 3 rings (SSSR count). The van der Waals surface area contributed by atoms with Crippen LogP contribution in [0.3, 0.4) is 0 Å². The molecule has 1 aromatic carbocycles. The maximum atomic E-state index is 13.8. The number of hydrogen-bond acceptors (Lipinski definition) is 3. The molecule has 0 atom stereocenters. The highest BCUT2D eigenvalue weighted by Gasteiger charge is 2.24. The van der Waals surface area contributed by atoms with Crippen LogP contribution in [0.1, 0.15) is 28.8 Å². The Morgan fingerprint density at radius 2 is 1.80 bits per heavy atom. The van der Waals surface area contributed by atoms with E-state index in [2.05, 4.69) is 5.38 Å². The van der Waals surface area contributed by atoms with Crippen LogP contribution >= 0.6 is 11.3 Å². The molecule has 6 heteroatoms. The summed E-state index contributed by atoms with van der Waals surface area (Å²) < 4.78 is 13.8. The third-order valence-corrected chi connectivity index (χ3v) is 5.18. The molecule has 2 heterocycles. The Morgan fingerprint density at radius 1 is 1.04 bits per heavy atom. The first-order chi connectivity index (χ1) is 12.1. The number of benzene rings is 1. The summed E-state index contributed by atoms with van der Waals surface area (Å²) in [7, 11) is 0. The monoisotopic (exact) mass is 360 g/mol. The molecule has 0 radical (unpaired) electrons. The van der Waals surface area contributed by atoms with Gasteiger partial charge in [0, 0.05) is 32.6 Å². The number of carbonyl (C=O) groups excluding carboxylic acids is 2. The zero-order valence-electron chi connectivity index (χ0n) is 14.0. The van der Waals surface area contributed by atoms with Gasteiger partial charge in [-0.3, -0.25) is 9.59 Å². The smallest absolute Gasteiger partial charge is 0.256 e. The van der Waals surface area contributed by atoms with Crippen LogP contribution in [-0.2, 0) is 11.2 Å². The van der Waals surface area contributed by atoms with Gasteiger partial charge in [-0.2, -0.15) is 11.3 Å². The first-order valence-corrected chi connectivity index (χ1v) is 9.42. The Bertz CT molecular complexity index is 733. The third-order valence-electron chi connectivity index (χ3n) is 4.45. The predicted octanol–water partition coefficient (Wildman–Crippen LogP) is 3.19. The maximum absolute atomic E-state index is 13.8. The van der Waals surface area contributed by atoms with E-state index in [0.29, 0.717) is 39.0 Å². The average Bonchev–Trinajstić information content (AvgIpc) is 3.02. The van der Waals surface area contributed by atoms with Crippen LogP contribution in [0, 0.1) is 5.82 Å². The van der Waals surface area contributed by atoms with Gasteiger partial charge in [0.25, 0.3) is 5.91 Å². The summed E-state index contributed by atoms with van der Waals surface area (Å²) in [5, 5.41) is 4.07. The van der Waals surface area contributed by atoms with Gasteiger partial charge in [0.1, 0.15) is 5.82 Å². The summed E-state index contributed by atoms with van der Waals surface area (Å²) in [6.45, 7) is 2.13. The van der Waals surface area contributed by atoms with E-state index in [-0.39, 0.29) is 17.4 Å². The molecule has 0 aliphatic carbocycles. The molecule has 2 amide bonds. The molecule has 25 heavy (non-hydrogen) atoms. The van der Waals surface area contributed by atoms with Gasteiger partial charge >= 0.3 is 0 Å². The molecular weight excluding hydrogens is 339 g/mol. The normalized spacial score (nSPS) is 15.1. The number of rotatable bonds is 4. The second-order valence-electron chi connectivity index (χ2n) is 6.14. The van der Waals surface area contributed by atoms with Gasteiger partial charge in [-0.25, -0.2) is 4.39 Å². The fourth-order valence-electron chi connectivity index (χ4n) is 3.02. The van der Waals surface area contributed by atoms with Crippen molar-refractivity contribution >= 4 is 23.2 Å². The molecule has 1 aliphatic heterocycles. The van der Waals surface area contributed by atoms with E-state index in [1.54, 1.807) is 28.4 Å². The van der Waals surface area contributed by atoms with Crippen LogP contribution < -0.4 is 0 Å². The quantitative estimate of drug-likeness (QED) is 0.840. The van der Waals surface area contributed by atoms with E-state index in [4.69, 9.17) is 0 Å². The minimum absolute atomic E-state index is 0.0970. The molecule has 0 N–H and O–H groups in total. The summed E-state index contributed by atoms with van der Waals surface area (Å²) in [5.41, 5.74) is 1.28. The lowest BCUT2D eigenvalue weighted by Crippen LogP contribution is -2.37. The molecule has 0 saturated carbocycles. The molecule has 1 aromatic heterocycles. The zero-order chi connectivity index (χ0) is 17.6. The van der Waals surface area contributed by atoms with Crippen molar-refractivity contribution in [1.29, 1.82) is 0 Å². The van der Waals surface area contributed by atoms with Crippen LogP contribution in [-0.4, -0.2) is 47.8 Å². The number of nitrogens with zero attached hydrogens (tertiary/aromatic N) is 2. The first-order valence-electron chi connectivity index (χ1n) is 8.48. The van der Waals surface area contributed by atoms with Crippen LogP contribution in [0.2, 0.25) is 0 Å². The van der Waals surface area contributed by atoms with Gasteiger partial charge in [0.2, 0.25) is 5.91 Å². The highest BCUT2D eigenvalue weighted by molar-refractivity contribution is 7.07. The fourth-order valence-corrected chi connectivity index (χ4v) is 3.72. The van der Waals surface area contributed by atoms with Crippen LogP contribution in [0.4, 0.5) is 4.39 Å². The minimum Gasteiger partial charge on any atom is -0.341 e. The lowest BCUT2D eigenvalue weighted by molar-refractivity contribution is -0.131. The topological polar surface area (TPSA) is 40.6 Å². The Morgan fingerprint density at radius 3 is 2.56 bits per heavy atom. The second kappa shape index (κ2) is 8.25. The zero-order valence-corrected chi connectivity index (χ0v) is 14.8. The van der Waals surface area contributed by atoms with Crippen molar-refractivity contribution in [3.8, 4) is 0 Å². The molecular formula is C19H21FN2O2S. The minimum atomic E-state index is -0.500. The Balaban J connectivity index is 1.56. The number of thiophene rings is 1. The molecule has 2 aromatic rings. The van der Waals surface area contributed by atoms with Gasteiger partial charge in [-0.1, -0.05) is 12.1 Å². The van der Waals surface area contributed by atoms with Gasteiger partial charge in [0.05, 0.1) is 5.56 Å². The molecule has 0 spiro atoms. The molecule has 4 nitrogen and oxygen atoms in total. The van der Waals surface area contributed by atoms with Crippen molar-refractivity contribution in [2.24, 2.45) is 0 Å². The van der Waals surface area contributed by atoms with E-state index >= 15 is 0 Å². The molecule has 132 valence electrons. The van der Waals surface area contributed by atoms with Gasteiger partial charge in [-0.15, -0.1) is 0 Å². The maximum Gasteiger partial charge on any atom is 0.256 e. The highest BCUT2D eigenvalue weighted by Crippen LogP contribution is 2.14. The first kappa shape index (κ1) is 17.6. The third kappa shape index (κ3) is 4.45. The lowest BCUT2D eigenvalue weighted by Gasteiger charge is -2.22. The Kier molecular flexibility index (Phi) is 5.81. The second-order valence-corrected chi connectivity index (χ2v) is 6.92. The number of carbonyl (C=O) groups is 2. The lowest BCUT2D eigenvalue weighted by atomic mass is 10.2. The van der Waals surface area contributed by atoms with Gasteiger partial charge in [-0.05, 0) is 47.4 Å². The SMILES string of the molecule is O=C(CCc1ccsc1)N1CCCN(C(=O)c2ccccc2F)CC1. The van der Waals surface area contributed by atoms with Crippen LogP contribution in [0.5, 0.6) is 0 Å². The summed E-state index contributed by atoms with van der Waals surface area (Å²) in [6, 6.07) is 8.07. The number of hydrogen-bond donors (Lipinski definition) is 0. The van der Waals surface area contributed by atoms with E-state index in [9.17, 15) is 14.0 Å². The summed E-state index contributed by atoms with van der Waals surface area (Å²) in [4.78, 5) is 28.4. The van der Waals surface area contributed by atoms with E-state index < -0.39 is 5.82 Å². The van der Waals surface area contributed by atoms with Crippen LogP contribution in [0.25, 0.3) is 0 Å². The summed E-state index contributed by atoms with van der Waals surface area (Å²) >= 11 is 1.63. The van der Waals surface area contributed by atoms with Crippen molar-refractivity contribution in [3.63, 3.8) is 0 Å². The Hall–Kier alpha value is -2.21. The standard InChI is InChI=1S/C19H21FN2O2S/c20-17-5-2-1-4-16(17)19(24)22-10-3-9-21(11-12-22)18(23)7-6-15-8-13-25-14-15/h1-2,4-5,8,13-14H,3,6-7,9-12H2. The van der Waals surface area contributed by atoms with Gasteiger partial charge < -0.3 is 9.80 Å².